The fourth-order valence-corrected chi connectivity index (χ4v) is 7.08. The summed E-state index contributed by atoms with van der Waals surface area (Å²) in [5, 5.41) is 4.84. The molecule has 0 saturated heterocycles. The van der Waals surface area contributed by atoms with Gasteiger partial charge in [0.05, 0.1) is 12.0 Å². The number of halogens is 11. The number of hydrogen-bond donors (Lipinski definition) is 2. The highest BCUT2D eigenvalue weighted by molar-refractivity contribution is 7.86. The van der Waals surface area contributed by atoms with Gasteiger partial charge < -0.3 is 19.3 Å². The van der Waals surface area contributed by atoms with Crippen LogP contribution in [0.4, 0.5) is 48.3 Å². The molecule has 1 heterocycles. The van der Waals surface area contributed by atoms with Gasteiger partial charge in [0.2, 0.25) is 6.10 Å². The van der Waals surface area contributed by atoms with Gasteiger partial charge in [-0.2, -0.15) is 56.7 Å². The first-order chi connectivity index (χ1) is 21.5. The minimum absolute atomic E-state index is 0.0447. The highest BCUT2D eigenvalue weighted by Gasteiger charge is 2.71. The van der Waals surface area contributed by atoms with Gasteiger partial charge in [0, 0.05) is 34.1 Å². The second kappa shape index (κ2) is 12.5. The van der Waals surface area contributed by atoms with Crippen LogP contribution in [0, 0.1) is 0 Å². The van der Waals surface area contributed by atoms with Crippen molar-refractivity contribution < 1.29 is 80.6 Å². The van der Waals surface area contributed by atoms with Crippen LogP contribution in [-0.4, -0.2) is 73.4 Å². The summed E-state index contributed by atoms with van der Waals surface area (Å²) in [5.74, 6) is -0.353. The quantitative estimate of drug-likeness (QED) is 0.0704. The Hall–Kier alpha value is -3.46. The van der Waals surface area contributed by atoms with E-state index in [1.807, 2.05) is 0 Å². The Bertz CT molecular complexity index is 1820. The Morgan fingerprint density at radius 2 is 1.26 bits per heavy atom. The van der Waals surface area contributed by atoms with Crippen LogP contribution in [0.1, 0.15) is 0 Å². The van der Waals surface area contributed by atoms with Crippen molar-refractivity contribution in [2.75, 3.05) is 19.8 Å². The molecule has 2 N–H and O–H groups in total. The molecule has 0 spiro atoms. The van der Waals surface area contributed by atoms with Crippen molar-refractivity contribution in [3.63, 3.8) is 0 Å². The second-order valence-electron chi connectivity index (χ2n) is 9.75. The molecule has 7 nitrogen and oxygen atoms in total. The number of fused-ring (bicyclic) bond motifs is 3. The predicted molar refractivity (Wildman–Crippen MR) is 146 cm³/mol. The summed E-state index contributed by atoms with van der Waals surface area (Å²) in [6.45, 7) is -4.06. The number of thiophene rings is 1. The second-order valence-corrected chi connectivity index (χ2v) is 13.2. The minimum Gasteiger partial charge on any atom is -0.491 e. The molecule has 0 amide bonds. The lowest BCUT2D eigenvalue weighted by Crippen LogP contribution is -2.60. The van der Waals surface area contributed by atoms with Crippen LogP contribution in [0.3, 0.4) is 0 Å². The third-order valence-corrected chi connectivity index (χ3v) is 9.83. The number of ether oxygens (including phenoxy) is 3. The number of benzene rings is 3. The van der Waals surface area contributed by atoms with E-state index in [0.717, 1.165) is 16.8 Å². The molecule has 47 heavy (non-hydrogen) atoms. The molecule has 0 aliphatic carbocycles. The summed E-state index contributed by atoms with van der Waals surface area (Å²) >= 11 is 0. The van der Waals surface area contributed by atoms with Gasteiger partial charge in [0.1, 0.15) is 24.7 Å². The van der Waals surface area contributed by atoms with Gasteiger partial charge in [-0.1, -0.05) is 12.1 Å². The first kappa shape index (κ1) is 36.4. The lowest BCUT2D eigenvalue weighted by Gasteiger charge is -2.31. The van der Waals surface area contributed by atoms with Crippen molar-refractivity contribution in [1.82, 2.24) is 0 Å². The van der Waals surface area contributed by atoms with E-state index in [9.17, 15) is 61.8 Å². The summed E-state index contributed by atoms with van der Waals surface area (Å²) in [7, 11) is -7.36. The predicted octanol–water partition coefficient (Wildman–Crippen LogP) is 7.77. The fourth-order valence-electron chi connectivity index (χ4n) is 4.25. The fraction of sp³-hybridized carbons (Fsp3) is 0.333. The van der Waals surface area contributed by atoms with E-state index in [-0.39, 0.29) is 5.75 Å². The highest BCUT2D eigenvalue weighted by atomic mass is 32.2. The maximum Gasteiger partial charge on any atom is 0.429 e. The molecular formula is C27H20F11O7S2+. The molecule has 258 valence electrons. The van der Waals surface area contributed by atoms with Crippen LogP contribution in [0.15, 0.2) is 66.7 Å². The van der Waals surface area contributed by atoms with E-state index >= 15 is 0 Å². The van der Waals surface area contributed by atoms with Crippen LogP contribution in [0.2, 0.25) is 0 Å². The third-order valence-electron chi connectivity index (χ3n) is 6.60. The van der Waals surface area contributed by atoms with Gasteiger partial charge in [0.15, 0.2) is 14.3 Å². The lowest BCUT2D eigenvalue weighted by molar-refractivity contribution is -0.373. The van der Waals surface area contributed by atoms with Crippen LogP contribution in [0.5, 0.6) is 11.5 Å². The molecule has 0 aliphatic rings. The van der Waals surface area contributed by atoms with E-state index in [1.165, 1.54) is 24.3 Å². The summed E-state index contributed by atoms with van der Waals surface area (Å²) in [6, 6.07) is 16.3. The first-order valence-electron chi connectivity index (χ1n) is 12.7. The van der Waals surface area contributed by atoms with Gasteiger partial charge in [0.25, 0.3) is 5.60 Å². The zero-order valence-corrected chi connectivity index (χ0v) is 24.6. The Labute approximate surface area is 259 Å². The van der Waals surface area contributed by atoms with Gasteiger partial charge in [-0.15, -0.1) is 0 Å². The first-order valence-corrected chi connectivity index (χ1v) is 15.4. The van der Waals surface area contributed by atoms with Crippen molar-refractivity contribution in [2.45, 2.75) is 35.5 Å². The van der Waals surface area contributed by atoms with Gasteiger partial charge >= 0.3 is 33.9 Å². The van der Waals surface area contributed by atoms with Crippen LogP contribution in [-0.2, 0) is 14.9 Å². The van der Waals surface area contributed by atoms with Crippen LogP contribution in [0.25, 0.3) is 25.1 Å². The van der Waals surface area contributed by atoms with Crippen molar-refractivity contribution in [3.8, 4) is 16.4 Å². The topological polar surface area (TPSA) is 102 Å². The molecular weight excluding hydrogens is 709 g/mol. The number of aliphatic hydroxyl groups is 1. The zero-order chi connectivity index (χ0) is 35.2. The number of alkyl halides is 11. The molecule has 0 saturated carbocycles. The number of hydrogen-bond acceptors (Lipinski definition) is 6. The number of rotatable bonds is 11. The largest absolute Gasteiger partial charge is 0.491 e. The van der Waals surface area contributed by atoms with Crippen molar-refractivity contribution in [3.05, 3.63) is 66.7 Å². The Morgan fingerprint density at radius 1 is 0.702 bits per heavy atom. The summed E-state index contributed by atoms with van der Waals surface area (Å²) in [4.78, 5) is 0.547. The summed E-state index contributed by atoms with van der Waals surface area (Å²) in [6.07, 6.45) is -22.2. The summed E-state index contributed by atoms with van der Waals surface area (Å²) in [5.41, 5.74) is -5.11. The van der Waals surface area contributed by atoms with Gasteiger partial charge in [-0.05, 0) is 36.4 Å². The van der Waals surface area contributed by atoms with Crippen molar-refractivity contribution in [1.29, 1.82) is 0 Å². The van der Waals surface area contributed by atoms with E-state index < -0.39 is 81.6 Å². The third kappa shape index (κ3) is 7.20. The smallest absolute Gasteiger partial charge is 0.429 e. The highest BCUT2D eigenvalue weighted by Crippen LogP contribution is 2.49. The molecule has 4 aromatic rings. The lowest BCUT2D eigenvalue weighted by atomic mass is 10.0. The SMILES string of the molecule is O=S(=O)(O)C(F)(F)C(OCCOc1ccc2c(c1)c1ccccc1[s+]2-c1ccc(OCC(O)(C(F)(F)F)C(F)(F)F)cc1)C(F)(F)F. The van der Waals surface area contributed by atoms with Gasteiger partial charge in [-0.3, -0.25) is 4.55 Å². The monoisotopic (exact) mass is 729 g/mol. The van der Waals surface area contributed by atoms with E-state index in [0.29, 0.717) is 20.4 Å². The molecule has 4 rings (SSSR count). The Balaban J connectivity index is 1.55. The molecule has 0 fully saturated rings. The standard InChI is InChI=1S/C27H19F11O7S2/c28-24(29,30)22(25(31,32)47(40,41)42)44-12-11-43-16-7-10-21-19(13-16)18-3-1-2-4-20(18)46(21)17-8-5-15(6-9-17)45-14-23(39,26(33,34)35)27(36,37)38/h1-10,13,22,39H,11-12,14H2/p+1. The van der Waals surface area contributed by atoms with E-state index in [4.69, 9.17) is 9.29 Å². The van der Waals surface area contributed by atoms with Crippen molar-refractivity contribution >= 4 is 40.8 Å². The van der Waals surface area contributed by atoms with Crippen LogP contribution >= 0.6 is 10.5 Å². The Morgan fingerprint density at radius 3 is 1.81 bits per heavy atom. The maximum absolute atomic E-state index is 13.7. The van der Waals surface area contributed by atoms with E-state index in [2.05, 4.69) is 9.47 Å². The normalized spacial score (nSPS) is 14.9. The molecule has 2 atom stereocenters. The molecule has 20 heteroatoms. The molecule has 0 aliphatic heterocycles. The molecule has 0 bridgehead atoms. The maximum atomic E-state index is 13.7. The average molecular weight is 730 g/mol. The minimum atomic E-state index is -6.48. The summed E-state index contributed by atoms with van der Waals surface area (Å²) < 4.78 is 190. The average Bonchev–Trinajstić information content (AvgIpc) is 3.27. The Kier molecular flexibility index (Phi) is 9.70. The molecule has 1 aromatic heterocycles. The van der Waals surface area contributed by atoms with Crippen molar-refractivity contribution in [2.24, 2.45) is 0 Å². The van der Waals surface area contributed by atoms with Crippen LogP contribution < -0.4 is 9.47 Å². The van der Waals surface area contributed by atoms with Gasteiger partial charge in [-0.25, -0.2) is 0 Å². The van der Waals surface area contributed by atoms with E-state index in [1.54, 1.807) is 30.3 Å². The molecule has 2 unspecified atom stereocenters. The zero-order valence-electron chi connectivity index (χ0n) is 23.0. The molecule has 0 radical (unpaired) electrons. The molecule has 3 aromatic carbocycles.